The van der Waals surface area contributed by atoms with Crippen molar-refractivity contribution in [2.24, 2.45) is 5.73 Å². The van der Waals surface area contributed by atoms with Crippen LogP contribution in [0.1, 0.15) is 31.0 Å². The maximum Gasteiger partial charge on any atom is 0.248 e. The van der Waals surface area contributed by atoms with Crippen molar-refractivity contribution in [3.8, 4) is 11.5 Å². The molecule has 0 aliphatic carbocycles. The smallest absolute Gasteiger partial charge is 0.248 e. The highest BCUT2D eigenvalue weighted by atomic mass is 79.9. The van der Waals surface area contributed by atoms with Crippen LogP contribution in [0.5, 0.6) is 11.5 Å². The second-order valence-electron chi connectivity index (χ2n) is 7.00. The zero-order valence-corrected chi connectivity index (χ0v) is 18.7. The lowest BCUT2D eigenvalue weighted by Gasteiger charge is -2.28. The summed E-state index contributed by atoms with van der Waals surface area (Å²) >= 11 is 3.61. The Hall–Kier alpha value is -3.33. The molecular weight excluding hydrogens is 462 g/mol. The molecule has 1 unspecified atom stereocenters. The van der Waals surface area contributed by atoms with Gasteiger partial charge in [-0.2, -0.15) is 10.1 Å². The van der Waals surface area contributed by atoms with Crippen LogP contribution in [-0.2, 0) is 11.4 Å². The van der Waals surface area contributed by atoms with E-state index in [1.807, 2.05) is 49.4 Å². The van der Waals surface area contributed by atoms with Crippen LogP contribution in [0.4, 0.5) is 5.95 Å². The predicted molar refractivity (Wildman–Crippen MR) is 120 cm³/mol. The van der Waals surface area contributed by atoms with Gasteiger partial charge in [0.1, 0.15) is 19.0 Å². The van der Waals surface area contributed by atoms with E-state index < -0.39 is 11.9 Å². The highest BCUT2D eigenvalue weighted by molar-refractivity contribution is 9.10. The van der Waals surface area contributed by atoms with E-state index in [0.29, 0.717) is 46.4 Å². The average Bonchev–Trinajstić information content (AvgIpc) is 3.20. The molecule has 8 nitrogen and oxygen atoms in total. The molecule has 1 atom stereocenters. The van der Waals surface area contributed by atoms with Crippen LogP contribution < -0.4 is 20.5 Å². The first-order valence-electron chi connectivity index (χ1n) is 9.79. The number of benzene rings is 2. The van der Waals surface area contributed by atoms with Gasteiger partial charge in [0, 0.05) is 5.70 Å². The highest BCUT2D eigenvalue weighted by Gasteiger charge is 2.33. The highest BCUT2D eigenvalue weighted by Crippen LogP contribution is 2.42. The van der Waals surface area contributed by atoms with E-state index in [2.05, 4.69) is 31.3 Å². The normalized spacial score (nSPS) is 15.3. The van der Waals surface area contributed by atoms with E-state index in [0.717, 1.165) is 11.1 Å². The number of hydrogen-bond donors (Lipinski definition) is 2. The van der Waals surface area contributed by atoms with Gasteiger partial charge in [0.2, 0.25) is 11.9 Å². The molecule has 4 rings (SSSR count). The van der Waals surface area contributed by atoms with Crippen molar-refractivity contribution >= 4 is 27.8 Å². The van der Waals surface area contributed by atoms with Crippen molar-refractivity contribution in [3.63, 3.8) is 0 Å². The van der Waals surface area contributed by atoms with E-state index in [9.17, 15) is 4.79 Å². The van der Waals surface area contributed by atoms with Gasteiger partial charge < -0.3 is 20.5 Å². The van der Waals surface area contributed by atoms with Crippen molar-refractivity contribution in [2.75, 3.05) is 11.9 Å². The van der Waals surface area contributed by atoms with Crippen LogP contribution in [0.2, 0.25) is 0 Å². The molecule has 0 bridgehead atoms. The van der Waals surface area contributed by atoms with Crippen molar-refractivity contribution in [2.45, 2.75) is 26.5 Å². The summed E-state index contributed by atoms with van der Waals surface area (Å²) in [6.07, 6.45) is 1.43. The minimum atomic E-state index is -0.546. The van der Waals surface area contributed by atoms with Crippen molar-refractivity contribution < 1.29 is 14.3 Å². The fourth-order valence-electron chi connectivity index (χ4n) is 3.60. The van der Waals surface area contributed by atoms with Crippen molar-refractivity contribution in [1.82, 2.24) is 14.8 Å². The lowest BCUT2D eigenvalue weighted by Crippen LogP contribution is -2.31. The first-order chi connectivity index (χ1) is 15.0. The quantitative estimate of drug-likeness (QED) is 0.529. The molecular formula is C22H22BrN5O3. The Balaban J connectivity index is 1.76. The number of anilines is 1. The molecule has 160 valence electrons. The van der Waals surface area contributed by atoms with Gasteiger partial charge in [-0.1, -0.05) is 30.3 Å². The zero-order chi connectivity index (χ0) is 22.0. The number of nitrogens with zero attached hydrogens (tertiary/aromatic N) is 3. The molecule has 31 heavy (non-hydrogen) atoms. The van der Waals surface area contributed by atoms with Crippen LogP contribution in [-0.4, -0.2) is 27.3 Å². The molecule has 2 heterocycles. The standard InChI is InChI=1S/C22H22BrN5O3/c1-3-30-17-10-15(9-16(23)20(17)31-11-14-7-5-4-6-8-14)19-18(21(24)29)13(2)27-22-25-12-26-28(19)22/h4-10,12,19H,3,11H2,1-2H3,(H2,24,29)(H,25,26,27). The van der Waals surface area contributed by atoms with E-state index in [-0.39, 0.29) is 0 Å². The minimum Gasteiger partial charge on any atom is -0.490 e. The lowest BCUT2D eigenvalue weighted by molar-refractivity contribution is -0.115. The second kappa shape index (κ2) is 8.81. The van der Waals surface area contributed by atoms with Crippen LogP contribution in [0.25, 0.3) is 0 Å². The van der Waals surface area contributed by atoms with Crippen LogP contribution in [0.15, 0.2) is 64.5 Å². The summed E-state index contributed by atoms with van der Waals surface area (Å²) in [5.41, 5.74) is 8.58. The Morgan fingerprint density at radius 1 is 1.26 bits per heavy atom. The van der Waals surface area contributed by atoms with Crippen LogP contribution >= 0.6 is 15.9 Å². The topological polar surface area (TPSA) is 104 Å². The van der Waals surface area contributed by atoms with E-state index in [1.165, 1.54) is 6.33 Å². The van der Waals surface area contributed by atoms with Gasteiger partial charge >= 0.3 is 0 Å². The number of aromatic nitrogens is 3. The first kappa shape index (κ1) is 20.9. The third-order valence-electron chi connectivity index (χ3n) is 4.93. The number of amides is 1. The van der Waals surface area contributed by atoms with Gasteiger partial charge in [0.05, 0.1) is 16.7 Å². The molecule has 1 aromatic heterocycles. The minimum absolute atomic E-state index is 0.394. The summed E-state index contributed by atoms with van der Waals surface area (Å²) in [5, 5.41) is 7.37. The fourth-order valence-corrected chi connectivity index (χ4v) is 4.17. The number of hydrogen-bond acceptors (Lipinski definition) is 6. The first-order valence-corrected chi connectivity index (χ1v) is 10.6. The van der Waals surface area contributed by atoms with E-state index in [4.69, 9.17) is 15.2 Å². The number of rotatable bonds is 7. The average molecular weight is 484 g/mol. The third-order valence-corrected chi connectivity index (χ3v) is 5.52. The maximum absolute atomic E-state index is 12.3. The number of halogens is 1. The summed E-state index contributed by atoms with van der Waals surface area (Å²) in [6.45, 7) is 4.54. The predicted octanol–water partition coefficient (Wildman–Crippen LogP) is 3.79. The zero-order valence-electron chi connectivity index (χ0n) is 17.1. The third kappa shape index (κ3) is 4.13. The lowest BCUT2D eigenvalue weighted by atomic mass is 9.95. The Bertz CT molecular complexity index is 1140. The molecule has 2 aromatic carbocycles. The molecule has 0 saturated carbocycles. The molecule has 0 radical (unpaired) electrons. The maximum atomic E-state index is 12.3. The Morgan fingerprint density at radius 3 is 2.74 bits per heavy atom. The number of fused-ring (bicyclic) bond motifs is 1. The second-order valence-corrected chi connectivity index (χ2v) is 7.85. The fraction of sp³-hybridized carbons (Fsp3) is 0.227. The Labute approximate surface area is 188 Å². The molecule has 0 saturated heterocycles. The Kier molecular flexibility index (Phi) is 5.94. The van der Waals surface area contributed by atoms with Crippen molar-refractivity contribution in [1.29, 1.82) is 0 Å². The largest absolute Gasteiger partial charge is 0.490 e. The van der Waals surface area contributed by atoms with E-state index in [1.54, 1.807) is 11.6 Å². The summed E-state index contributed by atoms with van der Waals surface area (Å²) < 4.78 is 14.3. The summed E-state index contributed by atoms with van der Waals surface area (Å²) in [6, 6.07) is 13.1. The van der Waals surface area contributed by atoms with E-state index >= 15 is 0 Å². The molecule has 0 spiro atoms. The Morgan fingerprint density at radius 2 is 2.03 bits per heavy atom. The molecule has 1 aliphatic rings. The summed E-state index contributed by atoms with van der Waals surface area (Å²) in [4.78, 5) is 16.5. The number of allylic oxidation sites excluding steroid dienone is 1. The molecule has 9 heteroatoms. The van der Waals surface area contributed by atoms with Crippen LogP contribution in [0, 0.1) is 0 Å². The molecule has 3 N–H and O–H groups in total. The van der Waals surface area contributed by atoms with Gasteiger partial charge in [-0.25, -0.2) is 4.68 Å². The van der Waals surface area contributed by atoms with Gasteiger partial charge in [0.25, 0.3) is 0 Å². The number of carbonyl (C=O) groups is 1. The van der Waals surface area contributed by atoms with Gasteiger partial charge in [-0.15, -0.1) is 0 Å². The summed E-state index contributed by atoms with van der Waals surface area (Å²) in [5.74, 6) is 1.15. The number of carbonyl (C=O) groups excluding carboxylic acids is 1. The molecule has 1 aliphatic heterocycles. The molecule has 0 fully saturated rings. The number of nitrogens with one attached hydrogen (secondary N) is 1. The van der Waals surface area contributed by atoms with Crippen LogP contribution in [0.3, 0.4) is 0 Å². The molecule has 3 aromatic rings. The monoisotopic (exact) mass is 483 g/mol. The summed E-state index contributed by atoms with van der Waals surface area (Å²) in [7, 11) is 0. The van der Waals surface area contributed by atoms with Gasteiger partial charge in [0.15, 0.2) is 11.5 Å². The van der Waals surface area contributed by atoms with Gasteiger partial charge in [-0.05, 0) is 53.0 Å². The number of nitrogens with two attached hydrogens (primary N) is 1. The molecule has 1 amide bonds. The number of ether oxygens (including phenoxy) is 2. The van der Waals surface area contributed by atoms with Crippen molar-refractivity contribution in [3.05, 3.63) is 75.7 Å². The SMILES string of the molecule is CCOc1cc(C2C(C(N)=O)=C(C)Nc3ncnn32)cc(Br)c1OCc1ccccc1. The van der Waals surface area contributed by atoms with Gasteiger partial charge in [-0.3, -0.25) is 4.79 Å². The number of primary amides is 1.